The van der Waals surface area contributed by atoms with Crippen molar-refractivity contribution in [3.63, 3.8) is 0 Å². The highest BCUT2D eigenvalue weighted by molar-refractivity contribution is 5.76. The molecule has 4 nitrogen and oxygen atoms in total. The number of hydrogen-bond donors (Lipinski definition) is 1. The summed E-state index contributed by atoms with van der Waals surface area (Å²) in [5.74, 6) is -0.412. The number of carboxylic acids is 1. The number of carbonyl (C=O) groups is 1. The maximum absolute atomic E-state index is 11.2. The van der Waals surface area contributed by atoms with E-state index in [9.17, 15) is 9.90 Å². The first kappa shape index (κ1) is 8.97. The molecule has 2 aliphatic rings. The lowest BCUT2D eigenvalue weighted by Crippen LogP contribution is -2.46. The van der Waals surface area contributed by atoms with Gasteiger partial charge in [-0.2, -0.15) is 0 Å². The Labute approximate surface area is 77.5 Å². The number of fused-ring (bicyclic) bond motifs is 1. The number of hydrogen-bond acceptors (Lipinski definition) is 3. The second-order valence-electron chi connectivity index (χ2n) is 4.20. The molecule has 0 radical (unpaired) electrons. The Morgan fingerprint density at radius 3 is 3.08 bits per heavy atom. The number of nitrogens with zero attached hydrogens (tertiary/aromatic N) is 1. The van der Waals surface area contributed by atoms with E-state index in [2.05, 4.69) is 4.90 Å². The van der Waals surface area contributed by atoms with E-state index in [0.717, 1.165) is 13.0 Å². The van der Waals surface area contributed by atoms with Crippen LogP contribution in [0.25, 0.3) is 0 Å². The number of rotatable bonds is 1. The van der Waals surface area contributed by atoms with Crippen LogP contribution < -0.4 is 0 Å². The molecule has 2 atom stereocenters. The fourth-order valence-corrected chi connectivity index (χ4v) is 2.54. The van der Waals surface area contributed by atoms with Gasteiger partial charge in [-0.15, -0.1) is 0 Å². The van der Waals surface area contributed by atoms with Crippen molar-refractivity contribution in [1.29, 1.82) is 0 Å². The van der Waals surface area contributed by atoms with Gasteiger partial charge in [0.15, 0.2) is 0 Å². The van der Waals surface area contributed by atoms with Gasteiger partial charge in [0.25, 0.3) is 0 Å². The summed E-state index contributed by atoms with van der Waals surface area (Å²) >= 11 is 0. The predicted octanol–water partition coefficient (Wildman–Crippen LogP) is 0.0393. The minimum Gasteiger partial charge on any atom is -0.481 e. The topological polar surface area (TPSA) is 49.8 Å². The van der Waals surface area contributed by atoms with Gasteiger partial charge in [-0.1, -0.05) is 0 Å². The molecule has 0 spiro atoms. The summed E-state index contributed by atoms with van der Waals surface area (Å²) in [5, 5.41) is 9.21. The molecule has 0 aromatic carbocycles. The Balaban J connectivity index is 2.24. The molecule has 2 aliphatic heterocycles. The van der Waals surface area contributed by atoms with Gasteiger partial charge in [-0.25, -0.2) is 0 Å². The molecule has 2 saturated heterocycles. The van der Waals surface area contributed by atoms with Crippen LogP contribution in [0.3, 0.4) is 0 Å². The van der Waals surface area contributed by atoms with Crippen LogP contribution in [-0.4, -0.2) is 49.3 Å². The summed E-state index contributed by atoms with van der Waals surface area (Å²) in [4.78, 5) is 13.3. The van der Waals surface area contributed by atoms with Crippen LogP contribution in [-0.2, 0) is 9.53 Å². The third-order valence-electron chi connectivity index (χ3n) is 3.26. The van der Waals surface area contributed by atoms with Crippen molar-refractivity contribution in [3.8, 4) is 0 Å². The minimum atomic E-state index is -0.693. The molecule has 0 bridgehead atoms. The normalized spacial score (nSPS) is 40.2. The molecule has 74 valence electrons. The monoisotopic (exact) mass is 185 g/mol. The van der Waals surface area contributed by atoms with Gasteiger partial charge in [0.1, 0.15) is 5.41 Å². The van der Waals surface area contributed by atoms with E-state index in [4.69, 9.17) is 4.74 Å². The highest BCUT2D eigenvalue weighted by atomic mass is 16.5. The summed E-state index contributed by atoms with van der Waals surface area (Å²) in [6, 6.07) is 0. The molecule has 1 N–H and O–H groups in total. The minimum absolute atomic E-state index is 0.281. The Hall–Kier alpha value is -0.610. The van der Waals surface area contributed by atoms with Gasteiger partial charge in [0, 0.05) is 19.7 Å². The fraction of sp³-hybridized carbons (Fsp3) is 0.889. The van der Waals surface area contributed by atoms with E-state index < -0.39 is 11.4 Å². The van der Waals surface area contributed by atoms with Gasteiger partial charge in [-0.3, -0.25) is 4.79 Å². The highest BCUT2D eigenvalue weighted by Gasteiger charge is 2.53. The van der Waals surface area contributed by atoms with Crippen LogP contribution in [0, 0.1) is 11.3 Å². The largest absolute Gasteiger partial charge is 0.481 e. The summed E-state index contributed by atoms with van der Waals surface area (Å²) < 4.78 is 5.29. The lowest BCUT2D eigenvalue weighted by atomic mass is 9.76. The van der Waals surface area contributed by atoms with E-state index in [1.165, 1.54) is 0 Å². The molecule has 0 amide bonds. The van der Waals surface area contributed by atoms with Gasteiger partial charge in [0.2, 0.25) is 0 Å². The quantitative estimate of drug-likeness (QED) is 0.626. The molecule has 13 heavy (non-hydrogen) atoms. The molecule has 0 aromatic heterocycles. The second-order valence-corrected chi connectivity index (χ2v) is 4.20. The van der Waals surface area contributed by atoms with E-state index in [0.29, 0.717) is 19.8 Å². The van der Waals surface area contributed by atoms with Crippen LogP contribution >= 0.6 is 0 Å². The predicted molar refractivity (Wildman–Crippen MR) is 46.5 cm³/mol. The van der Waals surface area contributed by atoms with E-state index in [1.54, 1.807) is 0 Å². The average Bonchev–Trinajstić information content (AvgIpc) is 2.41. The highest BCUT2D eigenvalue weighted by Crippen LogP contribution is 2.40. The van der Waals surface area contributed by atoms with Crippen molar-refractivity contribution in [1.82, 2.24) is 4.90 Å². The summed E-state index contributed by atoms with van der Waals surface area (Å²) in [7, 11) is 1.98. The van der Waals surface area contributed by atoms with Gasteiger partial charge < -0.3 is 14.7 Å². The van der Waals surface area contributed by atoms with Crippen LogP contribution in [0.2, 0.25) is 0 Å². The summed E-state index contributed by atoms with van der Waals surface area (Å²) in [6.07, 6.45) is 0.886. The summed E-state index contributed by atoms with van der Waals surface area (Å²) in [5.41, 5.74) is -0.618. The molecular formula is C9H15NO3. The number of aliphatic carboxylic acids is 1. The maximum atomic E-state index is 11.2. The first-order valence-corrected chi connectivity index (χ1v) is 4.65. The van der Waals surface area contributed by atoms with Gasteiger partial charge >= 0.3 is 5.97 Å². The molecule has 0 saturated carbocycles. The Morgan fingerprint density at radius 1 is 1.69 bits per heavy atom. The van der Waals surface area contributed by atoms with E-state index in [1.807, 2.05) is 7.05 Å². The number of ether oxygens (including phenoxy) is 1. The fourth-order valence-electron chi connectivity index (χ4n) is 2.54. The van der Waals surface area contributed by atoms with Crippen LogP contribution in [0.5, 0.6) is 0 Å². The van der Waals surface area contributed by atoms with Crippen molar-refractivity contribution >= 4 is 5.97 Å². The first-order chi connectivity index (χ1) is 6.15. The Kier molecular flexibility index (Phi) is 2.04. The molecule has 4 heteroatoms. The number of likely N-dealkylation sites (tertiary alicyclic amines) is 1. The van der Waals surface area contributed by atoms with Crippen LogP contribution in [0.15, 0.2) is 0 Å². The lowest BCUT2D eigenvalue weighted by Gasteiger charge is -2.34. The third-order valence-corrected chi connectivity index (χ3v) is 3.26. The molecular weight excluding hydrogens is 170 g/mol. The van der Waals surface area contributed by atoms with Crippen LogP contribution in [0.1, 0.15) is 6.42 Å². The lowest BCUT2D eigenvalue weighted by molar-refractivity contribution is -0.159. The zero-order chi connectivity index (χ0) is 9.47. The maximum Gasteiger partial charge on any atom is 0.313 e. The van der Waals surface area contributed by atoms with Crippen LogP contribution in [0.4, 0.5) is 0 Å². The smallest absolute Gasteiger partial charge is 0.313 e. The zero-order valence-electron chi connectivity index (χ0n) is 7.82. The molecule has 2 fully saturated rings. The number of carboxylic acid groups (broad SMARTS) is 1. The zero-order valence-corrected chi connectivity index (χ0v) is 7.82. The second kappa shape index (κ2) is 2.96. The third kappa shape index (κ3) is 1.25. The van der Waals surface area contributed by atoms with E-state index >= 15 is 0 Å². The molecule has 2 heterocycles. The first-order valence-electron chi connectivity index (χ1n) is 4.65. The molecule has 1 unspecified atom stereocenters. The van der Waals surface area contributed by atoms with E-state index in [-0.39, 0.29) is 5.92 Å². The standard InChI is InChI=1S/C9H15NO3/c1-10-4-7-2-3-13-6-9(7,5-10)8(11)12/h7H,2-6H2,1H3,(H,11,12)/t7?,9-/m1/s1. The summed E-state index contributed by atoms with van der Waals surface area (Å²) in [6.45, 7) is 2.63. The Morgan fingerprint density at radius 2 is 2.46 bits per heavy atom. The van der Waals surface area contributed by atoms with Crippen molar-refractivity contribution in [3.05, 3.63) is 0 Å². The van der Waals surface area contributed by atoms with Crippen molar-refractivity contribution in [2.75, 3.05) is 33.4 Å². The molecule has 0 aliphatic carbocycles. The average molecular weight is 185 g/mol. The van der Waals surface area contributed by atoms with Gasteiger partial charge in [-0.05, 0) is 19.4 Å². The van der Waals surface area contributed by atoms with Crippen molar-refractivity contribution < 1.29 is 14.6 Å². The van der Waals surface area contributed by atoms with Crippen molar-refractivity contribution in [2.24, 2.45) is 11.3 Å². The van der Waals surface area contributed by atoms with Crippen molar-refractivity contribution in [2.45, 2.75) is 6.42 Å². The molecule has 2 rings (SSSR count). The van der Waals surface area contributed by atoms with Gasteiger partial charge in [0.05, 0.1) is 6.61 Å². The molecule has 0 aromatic rings. The SMILES string of the molecule is CN1CC2CCOC[C@]2(C(=O)O)C1. The Bertz CT molecular complexity index is 231.